The van der Waals surface area contributed by atoms with Crippen LogP contribution in [0.2, 0.25) is 0 Å². The van der Waals surface area contributed by atoms with Gasteiger partial charge in [0, 0.05) is 12.1 Å². The lowest BCUT2D eigenvalue weighted by Gasteiger charge is -2.28. The van der Waals surface area contributed by atoms with Gasteiger partial charge in [-0.05, 0) is 56.8 Å². The van der Waals surface area contributed by atoms with E-state index in [4.69, 9.17) is 10.00 Å². The molecule has 0 amide bonds. The quantitative estimate of drug-likeness (QED) is 0.443. The van der Waals surface area contributed by atoms with E-state index in [-0.39, 0.29) is 11.7 Å². The molecule has 1 spiro atoms. The summed E-state index contributed by atoms with van der Waals surface area (Å²) in [4.78, 5) is 12.3. The number of halogens is 2. The van der Waals surface area contributed by atoms with Crippen molar-refractivity contribution in [1.82, 2.24) is 0 Å². The maximum absolute atomic E-state index is 13.6. The first-order valence-corrected chi connectivity index (χ1v) is 8.71. The lowest BCUT2D eigenvalue weighted by Crippen LogP contribution is -2.27. The molecular weight excluding hydrogens is 324 g/mol. The van der Waals surface area contributed by atoms with Crippen molar-refractivity contribution < 1.29 is 18.3 Å². The Morgan fingerprint density at radius 1 is 1.36 bits per heavy atom. The van der Waals surface area contributed by atoms with E-state index in [9.17, 15) is 13.6 Å². The summed E-state index contributed by atoms with van der Waals surface area (Å²) in [6.07, 6.45) is 10.1. The van der Waals surface area contributed by atoms with Crippen LogP contribution in [0.25, 0.3) is 0 Å². The van der Waals surface area contributed by atoms with E-state index >= 15 is 0 Å². The van der Waals surface area contributed by atoms with Crippen LogP contribution in [0, 0.1) is 40.2 Å². The van der Waals surface area contributed by atoms with Crippen molar-refractivity contribution >= 4 is 5.97 Å². The lowest BCUT2D eigenvalue weighted by molar-refractivity contribution is -0.140. The molecular formula is C20H21F2NO2. The molecule has 2 fully saturated rings. The second-order valence-corrected chi connectivity index (χ2v) is 7.14. The summed E-state index contributed by atoms with van der Waals surface area (Å²) in [6.45, 7) is 2.02. The van der Waals surface area contributed by atoms with Crippen LogP contribution in [0.1, 0.15) is 51.0 Å². The first kappa shape index (κ1) is 17.6. The number of hydrogen-bond donors (Lipinski definition) is 0. The first-order chi connectivity index (χ1) is 12.0. The molecule has 0 N–H and O–H groups in total. The van der Waals surface area contributed by atoms with Gasteiger partial charge < -0.3 is 4.74 Å². The molecule has 25 heavy (non-hydrogen) atoms. The number of ether oxygens (including phenoxy) is 1. The van der Waals surface area contributed by atoms with Gasteiger partial charge in [-0.1, -0.05) is 12.2 Å². The smallest absolute Gasteiger partial charge is 0.314 e. The van der Waals surface area contributed by atoms with Crippen LogP contribution in [0.3, 0.4) is 0 Å². The van der Waals surface area contributed by atoms with Crippen molar-refractivity contribution in [2.24, 2.45) is 17.3 Å². The normalized spacial score (nSPS) is 28.1. The summed E-state index contributed by atoms with van der Waals surface area (Å²) in [5.41, 5.74) is -0.275. The second kappa shape index (κ2) is 6.95. The molecule has 0 saturated heterocycles. The lowest BCUT2D eigenvalue weighted by atomic mass is 9.78. The van der Waals surface area contributed by atoms with Crippen LogP contribution < -0.4 is 4.74 Å². The summed E-state index contributed by atoms with van der Waals surface area (Å²) in [6, 6.07) is 3.22. The van der Waals surface area contributed by atoms with Gasteiger partial charge in [0.15, 0.2) is 0 Å². The zero-order valence-electron chi connectivity index (χ0n) is 14.2. The molecule has 5 heteroatoms. The van der Waals surface area contributed by atoms with E-state index in [1.165, 1.54) is 12.5 Å². The Balaban J connectivity index is 1.57. The fourth-order valence-corrected chi connectivity index (χ4v) is 4.02. The minimum atomic E-state index is -1.02. The van der Waals surface area contributed by atoms with Gasteiger partial charge in [0.05, 0.1) is 5.92 Å². The number of nitriles is 1. The van der Waals surface area contributed by atoms with E-state index in [0.717, 1.165) is 50.2 Å². The van der Waals surface area contributed by atoms with Gasteiger partial charge in [-0.15, -0.1) is 0 Å². The zero-order chi connectivity index (χ0) is 18.0. The maximum Gasteiger partial charge on any atom is 0.314 e. The van der Waals surface area contributed by atoms with Crippen molar-refractivity contribution in [2.45, 2.75) is 45.4 Å². The summed E-state index contributed by atoms with van der Waals surface area (Å²) < 4.78 is 32.4. The Morgan fingerprint density at radius 2 is 2.00 bits per heavy atom. The molecule has 0 aliphatic heterocycles. The predicted octanol–water partition coefficient (Wildman–Crippen LogP) is 4.90. The number of nitrogens with zero attached hydrogens (tertiary/aromatic N) is 1. The van der Waals surface area contributed by atoms with Gasteiger partial charge >= 0.3 is 5.97 Å². The Labute approximate surface area is 146 Å². The summed E-state index contributed by atoms with van der Waals surface area (Å²) in [5, 5.41) is 8.66. The van der Waals surface area contributed by atoms with E-state index < -0.39 is 23.2 Å². The third kappa shape index (κ3) is 3.58. The summed E-state index contributed by atoms with van der Waals surface area (Å²) in [5.74, 6) is -2.16. The molecule has 0 heterocycles. The summed E-state index contributed by atoms with van der Waals surface area (Å²) >= 11 is 0. The van der Waals surface area contributed by atoms with Gasteiger partial charge in [0.25, 0.3) is 0 Å². The number of esters is 1. The highest BCUT2D eigenvalue weighted by atomic mass is 19.1. The van der Waals surface area contributed by atoms with Crippen molar-refractivity contribution in [3.8, 4) is 11.8 Å². The van der Waals surface area contributed by atoms with Crippen LogP contribution in [-0.4, -0.2) is 5.97 Å². The molecule has 0 bridgehead atoms. The summed E-state index contributed by atoms with van der Waals surface area (Å²) in [7, 11) is 0. The Hall–Kier alpha value is -2.22. The molecule has 0 radical (unpaired) electrons. The fourth-order valence-electron chi connectivity index (χ4n) is 4.02. The van der Waals surface area contributed by atoms with Crippen molar-refractivity contribution in [3.05, 3.63) is 41.5 Å². The van der Waals surface area contributed by atoms with Gasteiger partial charge in [-0.2, -0.15) is 5.26 Å². The van der Waals surface area contributed by atoms with Crippen LogP contribution in [0.5, 0.6) is 5.75 Å². The number of carbonyl (C=O) groups excluding carboxylic acids is 1. The molecule has 2 aliphatic rings. The average molecular weight is 345 g/mol. The number of carbonyl (C=O) groups is 1. The van der Waals surface area contributed by atoms with Crippen LogP contribution >= 0.6 is 0 Å². The highest BCUT2D eigenvalue weighted by Gasteiger charge is 2.54. The van der Waals surface area contributed by atoms with E-state index in [2.05, 4.69) is 12.2 Å². The van der Waals surface area contributed by atoms with Gasteiger partial charge in [-0.3, -0.25) is 4.79 Å². The molecule has 3 nitrogen and oxygen atoms in total. The molecule has 1 aromatic carbocycles. The number of allylic oxidation sites excluding steroid dienone is 2. The SMILES string of the molecule is C/C=C/CC1CC12CCC(C(=O)Oc1cc(F)c(C#N)c(F)c1)CC2. The van der Waals surface area contributed by atoms with Gasteiger partial charge in [-0.25, -0.2) is 8.78 Å². The fraction of sp³-hybridized carbons (Fsp3) is 0.500. The highest BCUT2D eigenvalue weighted by molar-refractivity contribution is 5.75. The largest absolute Gasteiger partial charge is 0.426 e. The van der Waals surface area contributed by atoms with E-state index in [1.807, 2.05) is 6.92 Å². The molecule has 2 saturated carbocycles. The van der Waals surface area contributed by atoms with Gasteiger partial charge in [0.1, 0.15) is 29.0 Å². The van der Waals surface area contributed by atoms with Crippen LogP contribution in [0.4, 0.5) is 8.78 Å². The predicted molar refractivity (Wildman–Crippen MR) is 88.6 cm³/mol. The second-order valence-electron chi connectivity index (χ2n) is 7.14. The number of benzene rings is 1. The standard InChI is InChI=1S/C20H21F2NO2/c1-2-3-4-14-11-20(14)7-5-13(6-8-20)19(24)25-15-9-17(21)16(12-23)18(22)10-15/h2-3,9-10,13-14H,4-8,11H2,1H3/b3-2+. The topological polar surface area (TPSA) is 50.1 Å². The Kier molecular flexibility index (Phi) is 4.89. The Bertz CT molecular complexity index is 720. The minimum Gasteiger partial charge on any atom is -0.426 e. The molecule has 132 valence electrons. The molecule has 1 atom stereocenters. The van der Waals surface area contributed by atoms with Crippen LogP contribution in [0.15, 0.2) is 24.3 Å². The molecule has 3 rings (SSSR count). The average Bonchev–Trinajstić information content (AvgIpc) is 3.25. The minimum absolute atomic E-state index is 0.184. The third-order valence-electron chi connectivity index (χ3n) is 5.68. The molecule has 0 aromatic heterocycles. The number of rotatable bonds is 4. The third-order valence-corrected chi connectivity index (χ3v) is 5.68. The monoisotopic (exact) mass is 345 g/mol. The molecule has 1 unspecified atom stereocenters. The van der Waals surface area contributed by atoms with Gasteiger partial charge in [0.2, 0.25) is 0 Å². The van der Waals surface area contributed by atoms with Crippen molar-refractivity contribution in [2.75, 3.05) is 0 Å². The van der Waals surface area contributed by atoms with E-state index in [0.29, 0.717) is 5.41 Å². The van der Waals surface area contributed by atoms with Crippen LogP contribution in [-0.2, 0) is 4.79 Å². The molecule has 1 aromatic rings. The highest BCUT2D eigenvalue weighted by Crippen LogP contribution is 2.63. The molecule has 2 aliphatic carbocycles. The van der Waals surface area contributed by atoms with E-state index in [1.54, 1.807) is 0 Å². The first-order valence-electron chi connectivity index (χ1n) is 8.71. The number of hydrogen-bond acceptors (Lipinski definition) is 3. The zero-order valence-corrected chi connectivity index (χ0v) is 14.2. The Morgan fingerprint density at radius 3 is 2.56 bits per heavy atom. The maximum atomic E-state index is 13.6. The van der Waals surface area contributed by atoms with Crippen molar-refractivity contribution in [1.29, 1.82) is 5.26 Å². The van der Waals surface area contributed by atoms with Crippen molar-refractivity contribution in [3.63, 3.8) is 0 Å².